The molecule has 0 aliphatic carbocycles. The quantitative estimate of drug-likeness (QED) is 0.259. The highest BCUT2D eigenvalue weighted by Crippen LogP contribution is 2.42. The van der Waals surface area contributed by atoms with Gasteiger partial charge in [0.25, 0.3) is 9.70 Å². The summed E-state index contributed by atoms with van der Waals surface area (Å²) in [5.74, 6) is -0.502. The highest BCUT2D eigenvalue weighted by Gasteiger charge is 2.39. The van der Waals surface area contributed by atoms with Crippen molar-refractivity contribution >= 4 is 40.7 Å². The molecule has 2 N–H and O–H groups in total. The van der Waals surface area contributed by atoms with Crippen molar-refractivity contribution in [3.63, 3.8) is 0 Å². The number of nitrogens with zero attached hydrogens (tertiary/aromatic N) is 1. The molecule has 1 amide bonds. The van der Waals surface area contributed by atoms with E-state index in [1.165, 1.54) is 19.3 Å². The number of carbonyl (C=O) groups excluding carboxylic acids is 1. The molecule has 3 aromatic rings. The van der Waals surface area contributed by atoms with Crippen LogP contribution >= 0.6 is 34.8 Å². The van der Waals surface area contributed by atoms with Crippen LogP contribution in [0.25, 0.3) is 11.1 Å². The monoisotopic (exact) mass is 630 g/mol. The fourth-order valence-electron chi connectivity index (χ4n) is 5.70. The molecule has 0 radical (unpaired) electrons. The van der Waals surface area contributed by atoms with Gasteiger partial charge in [0.1, 0.15) is 0 Å². The Hall–Kier alpha value is -2.16. The summed E-state index contributed by atoms with van der Waals surface area (Å²) >= 11 is 17.0. The zero-order valence-corrected chi connectivity index (χ0v) is 25.9. The Morgan fingerprint density at radius 2 is 1.60 bits per heavy atom. The third-order valence-corrected chi connectivity index (χ3v) is 8.68. The molecule has 224 valence electrons. The minimum Gasteiger partial charge on any atom is -0.392 e. The van der Waals surface area contributed by atoms with Crippen molar-refractivity contribution in [1.29, 1.82) is 0 Å². The van der Waals surface area contributed by atoms with Gasteiger partial charge < -0.3 is 24.8 Å². The van der Waals surface area contributed by atoms with Gasteiger partial charge in [0.15, 0.2) is 6.29 Å². The molecule has 3 aromatic carbocycles. The largest absolute Gasteiger partial charge is 0.392 e. The minimum absolute atomic E-state index is 0.0173. The third-order valence-electron chi connectivity index (χ3n) is 8.16. The standard InChI is InChI=1S/C33H37Cl3N2O4/c1-22-29(20-38-16-3-2-4-17-38)41-31(42-30(22)26-10-8-23(21-39)9-11-26)27-14-12-25(13-15-27)28-7-5-6-24(18-28)19-37-32(40)33(34,35)36/h5-15,18,22,29-31,39H,2-4,16-17,19-21H2,1H3,(H,37,40). The Balaban J connectivity index is 1.33. The molecule has 9 heteroatoms. The van der Waals surface area contributed by atoms with Gasteiger partial charge in [-0.1, -0.05) is 115 Å². The van der Waals surface area contributed by atoms with Gasteiger partial charge in [0.05, 0.1) is 18.8 Å². The highest BCUT2D eigenvalue weighted by molar-refractivity contribution is 6.76. The van der Waals surface area contributed by atoms with E-state index in [0.29, 0.717) is 0 Å². The number of carbonyl (C=O) groups is 1. The number of rotatable bonds is 8. The number of likely N-dealkylation sites (tertiary alicyclic amines) is 1. The van der Waals surface area contributed by atoms with Crippen LogP contribution in [0.5, 0.6) is 0 Å². The molecule has 5 rings (SSSR count). The summed E-state index contributed by atoms with van der Waals surface area (Å²) in [5.41, 5.74) is 5.85. The molecule has 2 aliphatic heterocycles. The van der Waals surface area contributed by atoms with Crippen LogP contribution in [-0.4, -0.2) is 45.4 Å². The van der Waals surface area contributed by atoms with Crippen molar-refractivity contribution in [2.45, 2.75) is 61.6 Å². The van der Waals surface area contributed by atoms with E-state index in [-0.39, 0.29) is 31.3 Å². The second-order valence-electron chi connectivity index (χ2n) is 11.2. The van der Waals surface area contributed by atoms with E-state index in [1.54, 1.807) is 0 Å². The summed E-state index contributed by atoms with van der Waals surface area (Å²) in [6, 6.07) is 24.1. The van der Waals surface area contributed by atoms with Gasteiger partial charge in [-0.2, -0.15) is 0 Å². The Morgan fingerprint density at radius 3 is 2.26 bits per heavy atom. The second-order valence-corrected chi connectivity index (χ2v) is 13.5. The fourth-order valence-corrected chi connectivity index (χ4v) is 5.90. The van der Waals surface area contributed by atoms with E-state index in [0.717, 1.165) is 53.0 Å². The van der Waals surface area contributed by atoms with Crippen LogP contribution in [0, 0.1) is 5.92 Å². The normalized spacial score (nSPS) is 23.5. The van der Waals surface area contributed by atoms with Crippen LogP contribution in [0.3, 0.4) is 0 Å². The Morgan fingerprint density at radius 1 is 0.905 bits per heavy atom. The Kier molecular flexibility index (Phi) is 10.5. The number of piperidine rings is 1. The van der Waals surface area contributed by atoms with Crippen LogP contribution < -0.4 is 5.32 Å². The molecule has 2 aliphatic rings. The van der Waals surface area contributed by atoms with Gasteiger partial charge in [-0.15, -0.1) is 0 Å². The Bertz CT molecular complexity index is 1320. The summed E-state index contributed by atoms with van der Waals surface area (Å²) < 4.78 is 11.3. The number of aliphatic hydroxyl groups is 1. The summed E-state index contributed by atoms with van der Waals surface area (Å²) in [5, 5.41) is 12.2. The van der Waals surface area contributed by atoms with E-state index < -0.39 is 16.0 Å². The molecule has 0 bridgehead atoms. The number of benzene rings is 3. The molecule has 0 aromatic heterocycles. The summed E-state index contributed by atoms with van der Waals surface area (Å²) in [4.78, 5) is 14.5. The van der Waals surface area contributed by atoms with E-state index in [9.17, 15) is 9.90 Å². The lowest BCUT2D eigenvalue weighted by molar-refractivity contribution is -0.276. The van der Waals surface area contributed by atoms with Crippen LogP contribution in [0.1, 0.15) is 60.8 Å². The number of amides is 1. The lowest BCUT2D eigenvalue weighted by Crippen LogP contribution is -2.45. The van der Waals surface area contributed by atoms with E-state index >= 15 is 0 Å². The molecule has 2 heterocycles. The van der Waals surface area contributed by atoms with Crippen molar-refractivity contribution in [1.82, 2.24) is 10.2 Å². The first kappa shape index (κ1) is 31.3. The lowest BCUT2D eigenvalue weighted by atomic mass is 9.89. The van der Waals surface area contributed by atoms with Gasteiger partial charge in [-0.25, -0.2) is 0 Å². The number of halogens is 3. The Labute approximate surface area is 262 Å². The first-order valence-electron chi connectivity index (χ1n) is 14.5. The van der Waals surface area contributed by atoms with Gasteiger partial charge in [-0.05, 0) is 59.8 Å². The van der Waals surface area contributed by atoms with Crippen LogP contribution in [0.4, 0.5) is 0 Å². The van der Waals surface area contributed by atoms with Gasteiger partial charge in [0, 0.05) is 24.6 Å². The number of ether oxygens (including phenoxy) is 2. The predicted molar refractivity (Wildman–Crippen MR) is 167 cm³/mol. The highest BCUT2D eigenvalue weighted by atomic mass is 35.6. The first-order chi connectivity index (χ1) is 20.2. The third kappa shape index (κ3) is 7.86. The molecular weight excluding hydrogens is 595 g/mol. The van der Waals surface area contributed by atoms with Gasteiger partial charge >= 0.3 is 0 Å². The topological polar surface area (TPSA) is 71.0 Å². The first-order valence-corrected chi connectivity index (χ1v) is 15.6. The molecule has 4 atom stereocenters. The van der Waals surface area contributed by atoms with E-state index in [4.69, 9.17) is 44.3 Å². The summed E-state index contributed by atoms with van der Waals surface area (Å²) in [6.07, 6.45) is 3.14. The summed E-state index contributed by atoms with van der Waals surface area (Å²) in [6.45, 7) is 5.57. The molecule has 2 fully saturated rings. The average molecular weight is 632 g/mol. The smallest absolute Gasteiger partial charge is 0.272 e. The molecule has 6 nitrogen and oxygen atoms in total. The zero-order valence-electron chi connectivity index (χ0n) is 23.6. The van der Waals surface area contributed by atoms with E-state index in [2.05, 4.69) is 53.5 Å². The summed E-state index contributed by atoms with van der Waals surface area (Å²) in [7, 11) is 0. The molecule has 2 saturated heterocycles. The van der Waals surface area contributed by atoms with Crippen molar-refractivity contribution in [3.05, 3.63) is 95.1 Å². The maximum absolute atomic E-state index is 11.9. The number of alkyl halides is 3. The molecular formula is C33H37Cl3N2O4. The maximum Gasteiger partial charge on any atom is 0.272 e. The van der Waals surface area contributed by atoms with Crippen LogP contribution in [0.2, 0.25) is 0 Å². The molecule has 42 heavy (non-hydrogen) atoms. The van der Waals surface area contributed by atoms with Crippen molar-refractivity contribution < 1.29 is 19.4 Å². The lowest BCUT2D eigenvalue weighted by Gasteiger charge is -2.43. The molecule has 0 saturated carbocycles. The van der Waals surface area contributed by atoms with Crippen molar-refractivity contribution in [2.75, 3.05) is 19.6 Å². The van der Waals surface area contributed by atoms with Crippen LogP contribution in [0.15, 0.2) is 72.8 Å². The zero-order chi connectivity index (χ0) is 29.7. The molecule has 0 spiro atoms. The SMILES string of the molecule is CC1C(CN2CCCCC2)OC(c2ccc(-c3cccc(CNC(=O)C(Cl)(Cl)Cl)c3)cc2)OC1c1ccc(CO)cc1. The number of nitrogens with one attached hydrogen (secondary N) is 1. The fraction of sp³-hybridized carbons (Fsp3) is 0.424. The van der Waals surface area contributed by atoms with Crippen molar-refractivity contribution in [2.24, 2.45) is 5.92 Å². The molecule has 4 unspecified atom stereocenters. The minimum atomic E-state index is -2.00. The van der Waals surface area contributed by atoms with Crippen molar-refractivity contribution in [3.8, 4) is 11.1 Å². The van der Waals surface area contributed by atoms with E-state index in [1.807, 2.05) is 36.4 Å². The predicted octanol–water partition coefficient (Wildman–Crippen LogP) is 7.11. The number of aliphatic hydroxyl groups excluding tert-OH is 1. The number of hydrogen-bond acceptors (Lipinski definition) is 5. The van der Waals surface area contributed by atoms with Gasteiger partial charge in [0.2, 0.25) is 0 Å². The second kappa shape index (κ2) is 14.1. The van der Waals surface area contributed by atoms with Crippen LogP contribution in [-0.2, 0) is 27.4 Å². The van der Waals surface area contributed by atoms with Gasteiger partial charge in [-0.3, -0.25) is 4.79 Å². The number of hydrogen-bond donors (Lipinski definition) is 2. The maximum atomic E-state index is 11.9. The average Bonchev–Trinajstić information content (AvgIpc) is 3.01.